The molecule has 2 nitrogen and oxygen atoms in total. The van der Waals surface area contributed by atoms with E-state index in [9.17, 15) is 0 Å². The molecule has 2 rings (SSSR count). The second-order valence-corrected chi connectivity index (χ2v) is 4.30. The molecule has 0 unspecified atom stereocenters. The quantitative estimate of drug-likeness (QED) is 0.625. The Morgan fingerprint density at radius 2 is 2.21 bits per heavy atom. The first-order valence-corrected chi connectivity index (χ1v) is 4.83. The summed E-state index contributed by atoms with van der Waals surface area (Å²) >= 11 is 0. The molecule has 1 aliphatic rings. The lowest BCUT2D eigenvalue weighted by atomic mass is 9.94. The minimum Gasteiger partial charge on any atom is -0.488 e. The van der Waals surface area contributed by atoms with Crippen LogP contribution in [0.25, 0.3) is 0 Å². The van der Waals surface area contributed by atoms with Crippen molar-refractivity contribution >= 4 is 0 Å². The summed E-state index contributed by atoms with van der Waals surface area (Å²) in [7, 11) is 0. The van der Waals surface area contributed by atoms with Crippen molar-refractivity contribution in [2.45, 2.75) is 32.3 Å². The molecular weight excluding hydrogens is 174 g/mol. The van der Waals surface area contributed by atoms with Crippen LogP contribution in [0, 0.1) is 11.3 Å². The number of fused-ring (bicyclic) bond motifs is 1. The van der Waals surface area contributed by atoms with Gasteiger partial charge in [-0.3, -0.25) is 0 Å². The molecule has 0 amide bonds. The molecule has 0 fully saturated rings. The Labute approximate surface area is 84.1 Å². The lowest BCUT2D eigenvalue weighted by molar-refractivity contribution is 0.0847. The number of ether oxygens (including phenoxy) is 1. The summed E-state index contributed by atoms with van der Waals surface area (Å²) in [6, 6.07) is 7.79. The van der Waals surface area contributed by atoms with Gasteiger partial charge in [-0.2, -0.15) is 5.26 Å². The Morgan fingerprint density at radius 1 is 1.43 bits per heavy atom. The molecule has 0 aliphatic carbocycles. The summed E-state index contributed by atoms with van der Waals surface area (Å²) in [5, 5.41) is 8.76. The van der Waals surface area contributed by atoms with E-state index in [2.05, 4.69) is 19.9 Å². The van der Waals surface area contributed by atoms with Crippen LogP contribution in [0.3, 0.4) is 0 Å². The standard InChI is InChI=1S/C12H13NO/c1-12(2)6-5-10-4-3-9(8-13)7-11(10)14-12/h3-4,7H,5-6H2,1-2H3. The van der Waals surface area contributed by atoms with Crippen LogP contribution in [0.15, 0.2) is 18.2 Å². The number of aryl methyl sites for hydroxylation is 1. The Morgan fingerprint density at radius 3 is 2.93 bits per heavy atom. The molecule has 0 bridgehead atoms. The van der Waals surface area contributed by atoms with Crippen molar-refractivity contribution < 1.29 is 4.74 Å². The molecule has 14 heavy (non-hydrogen) atoms. The minimum absolute atomic E-state index is 0.0962. The van der Waals surface area contributed by atoms with Crippen molar-refractivity contribution in [2.75, 3.05) is 0 Å². The summed E-state index contributed by atoms with van der Waals surface area (Å²) in [5.74, 6) is 0.875. The van der Waals surface area contributed by atoms with Crippen molar-refractivity contribution in [3.05, 3.63) is 29.3 Å². The molecular formula is C12H13NO. The first kappa shape index (κ1) is 9.08. The van der Waals surface area contributed by atoms with Crippen molar-refractivity contribution in [1.29, 1.82) is 5.26 Å². The van der Waals surface area contributed by atoms with E-state index in [-0.39, 0.29) is 5.60 Å². The molecule has 1 aromatic carbocycles. The van der Waals surface area contributed by atoms with E-state index >= 15 is 0 Å². The van der Waals surface area contributed by atoms with Gasteiger partial charge in [-0.25, -0.2) is 0 Å². The van der Waals surface area contributed by atoms with E-state index in [4.69, 9.17) is 10.00 Å². The van der Waals surface area contributed by atoms with Crippen molar-refractivity contribution in [3.63, 3.8) is 0 Å². The zero-order chi connectivity index (χ0) is 10.2. The second kappa shape index (κ2) is 3.02. The highest BCUT2D eigenvalue weighted by atomic mass is 16.5. The first-order chi connectivity index (χ1) is 6.61. The van der Waals surface area contributed by atoms with E-state index in [1.54, 1.807) is 0 Å². The largest absolute Gasteiger partial charge is 0.488 e. The Kier molecular flexibility index (Phi) is 1.96. The highest BCUT2D eigenvalue weighted by Crippen LogP contribution is 2.33. The second-order valence-electron chi connectivity index (χ2n) is 4.30. The van der Waals surface area contributed by atoms with Crippen LogP contribution in [0.1, 0.15) is 31.4 Å². The molecule has 72 valence electrons. The summed E-state index contributed by atoms with van der Waals surface area (Å²) in [4.78, 5) is 0. The van der Waals surface area contributed by atoms with Gasteiger partial charge in [0.15, 0.2) is 0 Å². The Hall–Kier alpha value is -1.49. The fourth-order valence-corrected chi connectivity index (χ4v) is 1.71. The maximum absolute atomic E-state index is 8.76. The van der Waals surface area contributed by atoms with Crippen LogP contribution < -0.4 is 4.74 Å². The number of hydrogen-bond acceptors (Lipinski definition) is 2. The molecule has 1 aliphatic heterocycles. The van der Waals surface area contributed by atoms with Gasteiger partial charge in [0.25, 0.3) is 0 Å². The SMILES string of the molecule is CC1(C)CCc2ccc(C#N)cc2O1. The highest BCUT2D eigenvalue weighted by molar-refractivity contribution is 5.43. The molecule has 0 radical (unpaired) electrons. The number of nitriles is 1. The van der Waals surface area contributed by atoms with E-state index < -0.39 is 0 Å². The lowest BCUT2D eigenvalue weighted by Crippen LogP contribution is -2.32. The predicted molar refractivity (Wildman–Crippen MR) is 54.2 cm³/mol. The summed E-state index contributed by atoms with van der Waals surface area (Å²) in [6.45, 7) is 4.16. The van der Waals surface area contributed by atoms with Crippen LogP contribution in [-0.2, 0) is 6.42 Å². The number of hydrogen-bond donors (Lipinski definition) is 0. The average molecular weight is 187 g/mol. The molecule has 0 spiro atoms. The van der Waals surface area contributed by atoms with Crippen molar-refractivity contribution in [3.8, 4) is 11.8 Å². The predicted octanol–water partition coefficient (Wildman–Crippen LogP) is 2.66. The number of nitrogens with zero attached hydrogens (tertiary/aromatic N) is 1. The van der Waals surface area contributed by atoms with Gasteiger partial charge in [-0.1, -0.05) is 6.07 Å². The van der Waals surface area contributed by atoms with Gasteiger partial charge < -0.3 is 4.74 Å². The normalized spacial score (nSPS) is 17.8. The Balaban J connectivity index is 2.40. The van der Waals surface area contributed by atoms with Crippen LogP contribution in [0.5, 0.6) is 5.75 Å². The monoisotopic (exact) mass is 187 g/mol. The van der Waals surface area contributed by atoms with Crippen molar-refractivity contribution in [2.24, 2.45) is 0 Å². The average Bonchev–Trinajstić information content (AvgIpc) is 2.15. The maximum atomic E-state index is 8.76. The van der Waals surface area contributed by atoms with E-state index in [0.29, 0.717) is 5.56 Å². The maximum Gasteiger partial charge on any atom is 0.124 e. The third kappa shape index (κ3) is 1.58. The highest BCUT2D eigenvalue weighted by Gasteiger charge is 2.26. The molecule has 0 saturated carbocycles. The third-order valence-corrected chi connectivity index (χ3v) is 2.58. The number of rotatable bonds is 0. The molecule has 0 aromatic heterocycles. The van der Waals surface area contributed by atoms with E-state index in [0.717, 1.165) is 18.6 Å². The first-order valence-electron chi connectivity index (χ1n) is 4.83. The smallest absolute Gasteiger partial charge is 0.124 e. The zero-order valence-electron chi connectivity index (χ0n) is 8.50. The molecule has 1 aromatic rings. The van der Waals surface area contributed by atoms with Gasteiger partial charge in [-0.15, -0.1) is 0 Å². The van der Waals surface area contributed by atoms with Gasteiger partial charge in [0.2, 0.25) is 0 Å². The van der Waals surface area contributed by atoms with E-state index in [1.807, 2.05) is 18.2 Å². The van der Waals surface area contributed by atoms with Crippen LogP contribution in [0.4, 0.5) is 0 Å². The van der Waals surface area contributed by atoms with Crippen molar-refractivity contribution in [1.82, 2.24) is 0 Å². The molecule has 2 heteroatoms. The Bertz CT molecular complexity index is 401. The fourth-order valence-electron chi connectivity index (χ4n) is 1.71. The fraction of sp³-hybridized carbons (Fsp3) is 0.417. The van der Waals surface area contributed by atoms with Crippen LogP contribution in [-0.4, -0.2) is 5.60 Å². The topological polar surface area (TPSA) is 33.0 Å². The molecule has 0 N–H and O–H groups in total. The number of benzene rings is 1. The summed E-state index contributed by atoms with van der Waals surface area (Å²) < 4.78 is 5.81. The molecule has 0 atom stereocenters. The zero-order valence-corrected chi connectivity index (χ0v) is 8.50. The molecule has 1 heterocycles. The molecule has 0 saturated heterocycles. The third-order valence-electron chi connectivity index (χ3n) is 2.58. The van der Waals surface area contributed by atoms with Gasteiger partial charge in [0, 0.05) is 0 Å². The van der Waals surface area contributed by atoms with Crippen LogP contribution >= 0.6 is 0 Å². The minimum atomic E-state index is -0.0962. The van der Waals surface area contributed by atoms with E-state index in [1.165, 1.54) is 5.56 Å². The van der Waals surface area contributed by atoms with Crippen LogP contribution in [0.2, 0.25) is 0 Å². The summed E-state index contributed by atoms with van der Waals surface area (Å²) in [5.41, 5.74) is 1.78. The van der Waals surface area contributed by atoms with Gasteiger partial charge in [-0.05, 0) is 44.4 Å². The summed E-state index contributed by atoms with van der Waals surface area (Å²) in [6.07, 6.45) is 2.07. The van der Waals surface area contributed by atoms with Gasteiger partial charge in [0.1, 0.15) is 11.4 Å². The van der Waals surface area contributed by atoms with Gasteiger partial charge in [0.05, 0.1) is 11.6 Å². The van der Waals surface area contributed by atoms with Gasteiger partial charge >= 0.3 is 0 Å². The lowest BCUT2D eigenvalue weighted by Gasteiger charge is -2.32.